The largest absolute Gasteiger partial charge is 0.481 e. The molecule has 0 saturated heterocycles. The van der Waals surface area contributed by atoms with Crippen molar-refractivity contribution in [1.82, 2.24) is 0 Å². The van der Waals surface area contributed by atoms with Gasteiger partial charge in [0.25, 0.3) is 0 Å². The van der Waals surface area contributed by atoms with E-state index in [1.807, 2.05) is 0 Å². The van der Waals surface area contributed by atoms with Gasteiger partial charge in [-0.05, 0) is 25.8 Å². The topological polar surface area (TPSA) is 127 Å². The second kappa shape index (κ2) is 23.9. The molecule has 0 radical (unpaired) electrons. The van der Waals surface area contributed by atoms with Gasteiger partial charge in [0.1, 0.15) is 6.04 Å². The second-order valence-corrected chi connectivity index (χ2v) is 7.62. The van der Waals surface area contributed by atoms with E-state index in [2.05, 4.69) is 6.92 Å². The Hall–Kier alpha value is -1.14. The molecule has 0 rings (SSSR count). The number of carboxylic acid groups (broad SMARTS) is 2. The highest BCUT2D eigenvalue weighted by Crippen LogP contribution is 2.12. The zero-order valence-corrected chi connectivity index (χ0v) is 18.2. The third-order valence-corrected chi connectivity index (χ3v) is 4.78. The number of aliphatic carboxylic acids is 2. The predicted octanol–water partition coefficient (Wildman–Crippen LogP) is 5.08. The van der Waals surface area contributed by atoms with Crippen molar-refractivity contribution in [2.45, 2.75) is 122 Å². The number of unbranched alkanes of at least 4 members (excludes halogenated alkanes) is 13. The predicted molar refractivity (Wildman–Crippen MR) is 116 cm³/mol. The van der Waals surface area contributed by atoms with E-state index in [9.17, 15) is 9.59 Å². The summed E-state index contributed by atoms with van der Waals surface area (Å²) in [6, 6.07) is -0.716. The van der Waals surface area contributed by atoms with Gasteiger partial charge in [0.15, 0.2) is 0 Å². The second-order valence-electron chi connectivity index (χ2n) is 7.62. The molecule has 168 valence electrons. The minimum absolute atomic E-state index is 0.345. The highest BCUT2D eigenvalue weighted by Gasteiger charge is 2.09. The van der Waals surface area contributed by atoms with Crippen molar-refractivity contribution in [1.29, 1.82) is 0 Å². The summed E-state index contributed by atoms with van der Waals surface area (Å²) in [5.74, 6) is -1.59. The van der Waals surface area contributed by atoms with E-state index in [0.717, 1.165) is 25.7 Å². The zero-order chi connectivity index (χ0) is 21.5. The molecule has 0 aromatic rings. The van der Waals surface area contributed by atoms with Crippen LogP contribution in [0.3, 0.4) is 0 Å². The van der Waals surface area contributed by atoms with E-state index in [-0.39, 0.29) is 0 Å². The van der Waals surface area contributed by atoms with Gasteiger partial charge in [-0.2, -0.15) is 0 Å². The Kier molecular flexibility index (Phi) is 24.8. The molecule has 0 heterocycles. The number of carbonyl (C=O) groups is 2. The highest BCUT2D eigenvalue weighted by atomic mass is 16.4. The van der Waals surface area contributed by atoms with Crippen LogP contribution < -0.4 is 11.5 Å². The van der Waals surface area contributed by atoms with Crippen LogP contribution in [0, 0.1) is 0 Å². The monoisotopic (exact) mass is 402 g/mol. The Balaban J connectivity index is 0. The van der Waals surface area contributed by atoms with E-state index in [1.165, 1.54) is 70.6 Å². The van der Waals surface area contributed by atoms with Gasteiger partial charge in [-0.3, -0.25) is 9.59 Å². The quantitative estimate of drug-likeness (QED) is 0.223. The lowest BCUT2D eigenvalue weighted by atomic mass is 10.0. The van der Waals surface area contributed by atoms with Crippen molar-refractivity contribution in [3.8, 4) is 0 Å². The van der Waals surface area contributed by atoms with Crippen molar-refractivity contribution in [2.75, 3.05) is 6.54 Å². The number of nitrogens with two attached hydrogens (primary N) is 2. The van der Waals surface area contributed by atoms with Crippen molar-refractivity contribution >= 4 is 11.9 Å². The average Bonchev–Trinajstić information content (AvgIpc) is 2.66. The molecule has 0 bridgehead atoms. The Morgan fingerprint density at radius 3 is 1.50 bits per heavy atom. The van der Waals surface area contributed by atoms with Crippen molar-refractivity contribution in [3.05, 3.63) is 0 Å². The Morgan fingerprint density at radius 1 is 0.714 bits per heavy atom. The Bertz CT molecular complexity index is 351. The van der Waals surface area contributed by atoms with Gasteiger partial charge in [0, 0.05) is 6.42 Å². The summed E-state index contributed by atoms with van der Waals surface area (Å²) in [5.41, 5.74) is 10.4. The van der Waals surface area contributed by atoms with E-state index in [1.54, 1.807) is 0 Å². The fourth-order valence-electron chi connectivity index (χ4n) is 2.93. The fraction of sp³-hybridized carbons (Fsp3) is 0.909. The summed E-state index contributed by atoms with van der Waals surface area (Å²) in [6.07, 6.45) is 19.4. The number of carboxylic acids is 2. The molecule has 6 heteroatoms. The van der Waals surface area contributed by atoms with Gasteiger partial charge in [-0.1, -0.05) is 90.4 Å². The third-order valence-electron chi connectivity index (χ3n) is 4.78. The molecule has 0 amide bonds. The first-order valence-corrected chi connectivity index (χ1v) is 11.4. The molecule has 0 aliphatic heterocycles. The normalized spacial score (nSPS) is 11.5. The van der Waals surface area contributed by atoms with Crippen LogP contribution in [-0.4, -0.2) is 34.7 Å². The summed E-state index contributed by atoms with van der Waals surface area (Å²) in [6.45, 7) is 2.86. The molecule has 0 fully saturated rings. The van der Waals surface area contributed by atoms with Crippen LogP contribution in [0.1, 0.15) is 116 Å². The first-order chi connectivity index (χ1) is 13.5. The Labute approximate surface area is 172 Å². The zero-order valence-electron chi connectivity index (χ0n) is 18.2. The third kappa shape index (κ3) is 27.1. The number of hydrogen-bond donors (Lipinski definition) is 4. The van der Waals surface area contributed by atoms with Gasteiger partial charge < -0.3 is 21.7 Å². The summed E-state index contributed by atoms with van der Waals surface area (Å²) >= 11 is 0. The smallest absolute Gasteiger partial charge is 0.320 e. The van der Waals surface area contributed by atoms with Gasteiger partial charge in [-0.15, -0.1) is 0 Å². The minimum atomic E-state index is -0.933. The minimum Gasteiger partial charge on any atom is -0.481 e. The maximum atomic E-state index is 10.3. The van der Waals surface area contributed by atoms with Crippen LogP contribution in [-0.2, 0) is 9.59 Å². The summed E-state index contributed by atoms with van der Waals surface area (Å²) < 4.78 is 0. The first kappa shape index (κ1) is 29.1. The molecular formula is C22H46N2O4. The van der Waals surface area contributed by atoms with E-state index >= 15 is 0 Å². The van der Waals surface area contributed by atoms with Crippen molar-refractivity contribution < 1.29 is 19.8 Å². The van der Waals surface area contributed by atoms with Gasteiger partial charge >= 0.3 is 11.9 Å². The summed E-state index contributed by atoms with van der Waals surface area (Å²) in [5, 5.41) is 16.8. The number of rotatable bonds is 19. The highest BCUT2D eigenvalue weighted by molar-refractivity contribution is 5.72. The molecule has 0 spiro atoms. The molecule has 6 N–H and O–H groups in total. The Morgan fingerprint density at radius 2 is 1.14 bits per heavy atom. The molecule has 0 aliphatic rings. The van der Waals surface area contributed by atoms with Crippen LogP contribution in [0.4, 0.5) is 0 Å². The molecule has 0 aromatic carbocycles. The van der Waals surface area contributed by atoms with Crippen molar-refractivity contribution in [3.63, 3.8) is 0 Å². The van der Waals surface area contributed by atoms with Crippen LogP contribution in [0.15, 0.2) is 0 Å². The SMILES string of the molecule is CCCCCCCCCCCCCCCC(=O)O.NCCCC[C@H](N)C(=O)O. The maximum Gasteiger partial charge on any atom is 0.320 e. The molecular weight excluding hydrogens is 356 g/mol. The molecule has 28 heavy (non-hydrogen) atoms. The molecule has 0 aliphatic carbocycles. The maximum absolute atomic E-state index is 10.3. The molecule has 6 nitrogen and oxygen atoms in total. The lowest BCUT2D eigenvalue weighted by Gasteiger charge is -2.03. The lowest BCUT2D eigenvalue weighted by Crippen LogP contribution is -2.29. The first-order valence-electron chi connectivity index (χ1n) is 11.4. The van der Waals surface area contributed by atoms with Crippen LogP contribution in [0.25, 0.3) is 0 Å². The number of hydrogen-bond acceptors (Lipinski definition) is 4. The van der Waals surface area contributed by atoms with E-state index in [4.69, 9.17) is 21.7 Å². The van der Waals surface area contributed by atoms with Crippen molar-refractivity contribution in [2.24, 2.45) is 11.5 Å². The van der Waals surface area contributed by atoms with E-state index < -0.39 is 18.0 Å². The molecule has 1 atom stereocenters. The molecule has 0 unspecified atom stereocenters. The van der Waals surface area contributed by atoms with Gasteiger partial charge in [0.05, 0.1) is 0 Å². The average molecular weight is 403 g/mol. The van der Waals surface area contributed by atoms with Gasteiger partial charge in [-0.25, -0.2) is 0 Å². The molecule has 0 saturated carbocycles. The van der Waals surface area contributed by atoms with Crippen LogP contribution in [0.5, 0.6) is 0 Å². The van der Waals surface area contributed by atoms with E-state index in [0.29, 0.717) is 19.4 Å². The molecule has 0 aromatic heterocycles. The summed E-state index contributed by atoms with van der Waals surface area (Å²) in [4.78, 5) is 20.4. The lowest BCUT2D eigenvalue weighted by molar-refractivity contribution is -0.139. The van der Waals surface area contributed by atoms with Crippen LogP contribution >= 0.6 is 0 Å². The standard InChI is InChI=1S/C16H32O2.C6H14N2O2/c1-2-3-4-5-6-7-8-9-10-11-12-13-14-15-16(17)18;7-4-2-1-3-5(8)6(9)10/h2-15H2,1H3,(H,17,18);5H,1-4,7-8H2,(H,9,10)/t;5-/m.0/s1. The summed E-state index contributed by atoms with van der Waals surface area (Å²) in [7, 11) is 0. The van der Waals surface area contributed by atoms with Crippen LogP contribution in [0.2, 0.25) is 0 Å². The van der Waals surface area contributed by atoms with Gasteiger partial charge in [0.2, 0.25) is 0 Å². The fourth-order valence-corrected chi connectivity index (χ4v) is 2.93.